The van der Waals surface area contributed by atoms with Crippen molar-refractivity contribution in [1.29, 1.82) is 0 Å². The van der Waals surface area contributed by atoms with Crippen LogP contribution in [0.5, 0.6) is 0 Å². The Morgan fingerprint density at radius 1 is 1.31 bits per heavy atom. The van der Waals surface area contributed by atoms with E-state index in [1.165, 1.54) is 6.42 Å². The monoisotopic (exact) mass is 216 g/mol. The SMILES string of the molecule is CC(C)/C=C1/C(=O)[C@@H]2[C@H]([C@@H]1C)[C@H]1C=C[C@@H]2C1. The average molecular weight is 216 g/mol. The topological polar surface area (TPSA) is 17.1 Å². The fourth-order valence-corrected chi connectivity index (χ4v) is 4.13. The molecule has 3 rings (SSSR count). The van der Waals surface area contributed by atoms with Gasteiger partial charge in [-0.3, -0.25) is 4.79 Å². The van der Waals surface area contributed by atoms with E-state index in [2.05, 4.69) is 39.0 Å². The molecule has 3 aliphatic carbocycles. The quantitative estimate of drug-likeness (QED) is 0.486. The second-order valence-electron chi connectivity index (χ2n) is 6.07. The molecule has 0 unspecified atom stereocenters. The lowest BCUT2D eigenvalue weighted by Gasteiger charge is -2.21. The first-order valence-corrected chi connectivity index (χ1v) is 6.54. The van der Waals surface area contributed by atoms with Crippen molar-refractivity contribution in [3.63, 3.8) is 0 Å². The molecule has 1 nitrogen and oxygen atoms in total. The molecule has 16 heavy (non-hydrogen) atoms. The number of carbonyl (C=O) groups excluding carboxylic acids is 1. The van der Waals surface area contributed by atoms with Crippen LogP contribution in [-0.2, 0) is 4.79 Å². The molecule has 2 fully saturated rings. The van der Waals surface area contributed by atoms with E-state index in [0.29, 0.717) is 41.3 Å². The van der Waals surface area contributed by atoms with Gasteiger partial charge in [-0.05, 0) is 41.6 Å². The first kappa shape index (κ1) is 10.3. The van der Waals surface area contributed by atoms with Crippen molar-refractivity contribution in [2.24, 2.45) is 35.5 Å². The maximum Gasteiger partial charge on any atom is 0.162 e. The molecule has 2 bridgehead atoms. The van der Waals surface area contributed by atoms with Crippen LogP contribution in [0, 0.1) is 35.5 Å². The van der Waals surface area contributed by atoms with Gasteiger partial charge in [0.15, 0.2) is 5.78 Å². The van der Waals surface area contributed by atoms with Crippen molar-refractivity contribution in [3.8, 4) is 0 Å². The highest BCUT2D eigenvalue weighted by Crippen LogP contribution is 2.57. The molecule has 86 valence electrons. The molecule has 0 saturated heterocycles. The highest BCUT2D eigenvalue weighted by molar-refractivity contribution is 6.01. The minimum Gasteiger partial charge on any atom is -0.294 e. The summed E-state index contributed by atoms with van der Waals surface area (Å²) in [6.45, 7) is 6.58. The first-order valence-electron chi connectivity index (χ1n) is 6.54. The van der Waals surface area contributed by atoms with Crippen molar-refractivity contribution in [2.45, 2.75) is 27.2 Å². The third-order valence-corrected chi connectivity index (χ3v) is 4.69. The van der Waals surface area contributed by atoms with Gasteiger partial charge in [0.05, 0.1) is 0 Å². The summed E-state index contributed by atoms with van der Waals surface area (Å²) < 4.78 is 0. The number of fused-ring (bicyclic) bond motifs is 5. The van der Waals surface area contributed by atoms with Crippen molar-refractivity contribution in [3.05, 3.63) is 23.8 Å². The van der Waals surface area contributed by atoms with E-state index in [-0.39, 0.29) is 0 Å². The van der Waals surface area contributed by atoms with Crippen LogP contribution >= 0.6 is 0 Å². The van der Waals surface area contributed by atoms with Crippen LogP contribution < -0.4 is 0 Å². The number of carbonyl (C=O) groups is 1. The van der Waals surface area contributed by atoms with E-state index >= 15 is 0 Å². The molecule has 0 radical (unpaired) electrons. The Balaban J connectivity index is 1.97. The highest BCUT2D eigenvalue weighted by Gasteiger charge is 2.56. The largest absolute Gasteiger partial charge is 0.294 e. The second kappa shape index (κ2) is 3.32. The van der Waals surface area contributed by atoms with E-state index in [1.807, 2.05) is 0 Å². The lowest BCUT2D eigenvalue weighted by molar-refractivity contribution is -0.119. The fourth-order valence-electron chi connectivity index (χ4n) is 4.13. The molecule has 2 saturated carbocycles. The number of hydrogen-bond donors (Lipinski definition) is 0. The van der Waals surface area contributed by atoms with E-state index in [9.17, 15) is 4.79 Å². The van der Waals surface area contributed by atoms with E-state index < -0.39 is 0 Å². The van der Waals surface area contributed by atoms with Gasteiger partial charge in [0.1, 0.15) is 0 Å². The van der Waals surface area contributed by atoms with Gasteiger partial charge in [0, 0.05) is 5.92 Å². The molecule has 0 aromatic rings. The minimum atomic E-state index is 0.329. The third-order valence-electron chi connectivity index (χ3n) is 4.69. The lowest BCUT2D eigenvalue weighted by Crippen LogP contribution is -2.20. The third kappa shape index (κ3) is 1.20. The van der Waals surface area contributed by atoms with E-state index in [1.54, 1.807) is 0 Å². The normalized spacial score (nSPS) is 47.4. The van der Waals surface area contributed by atoms with Crippen LogP contribution in [0.1, 0.15) is 27.2 Å². The zero-order valence-electron chi connectivity index (χ0n) is 10.3. The molecule has 0 aromatic carbocycles. The van der Waals surface area contributed by atoms with Crippen LogP contribution in [0.3, 0.4) is 0 Å². The summed E-state index contributed by atoms with van der Waals surface area (Å²) in [5, 5.41) is 0. The number of allylic oxidation sites excluding steroid dienone is 4. The minimum absolute atomic E-state index is 0.329. The van der Waals surface area contributed by atoms with Crippen molar-refractivity contribution < 1.29 is 4.79 Å². The van der Waals surface area contributed by atoms with Gasteiger partial charge in [0.25, 0.3) is 0 Å². The van der Waals surface area contributed by atoms with Crippen LogP contribution in [-0.4, -0.2) is 5.78 Å². The van der Waals surface area contributed by atoms with Crippen LogP contribution in [0.4, 0.5) is 0 Å². The molecular formula is C15H20O. The molecule has 0 spiro atoms. The Bertz CT molecular complexity index is 388. The molecule has 0 aromatic heterocycles. The van der Waals surface area contributed by atoms with Gasteiger partial charge in [-0.25, -0.2) is 0 Å². The summed E-state index contributed by atoms with van der Waals surface area (Å²) in [5.41, 5.74) is 1.13. The van der Waals surface area contributed by atoms with Gasteiger partial charge in [-0.15, -0.1) is 0 Å². The molecule has 1 heteroatoms. The summed E-state index contributed by atoms with van der Waals surface area (Å²) >= 11 is 0. The standard InChI is InChI=1S/C15H20O/c1-8(2)6-12-9(3)13-10-4-5-11(7-10)14(13)15(12)16/h4-6,8-11,13-14H,7H2,1-3H3/b12-6+/t9-,10+,11-,13-,14+/m1/s1. The Kier molecular flexibility index (Phi) is 2.14. The van der Waals surface area contributed by atoms with E-state index in [4.69, 9.17) is 0 Å². The number of ketones is 1. The summed E-state index contributed by atoms with van der Waals surface area (Å²) in [7, 11) is 0. The molecule has 3 aliphatic rings. The van der Waals surface area contributed by atoms with Gasteiger partial charge in [-0.2, -0.15) is 0 Å². The van der Waals surface area contributed by atoms with Crippen molar-refractivity contribution in [1.82, 2.24) is 0 Å². The second-order valence-corrected chi connectivity index (χ2v) is 6.07. The highest BCUT2D eigenvalue weighted by atomic mass is 16.1. The Labute approximate surface area is 97.6 Å². The van der Waals surface area contributed by atoms with Crippen LogP contribution in [0.25, 0.3) is 0 Å². The van der Waals surface area contributed by atoms with Crippen LogP contribution in [0.15, 0.2) is 23.8 Å². The van der Waals surface area contributed by atoms with Gasteiger partial charge < -0.3 is 0 Å². The smallest absolute Gasteiger partial charge is 0.162 e. The van der Waals surface area contributed by atoms with Crippen LogP contribution in [0.2, 0.25) is 0 Å². The van der Waals surface area contributed by atoms with Crippen molar-refractivity contribution in [2.75, 3.05) is 0 Å². The molecular weight excluding hydrogens is 196 g/mol. The molecule has 0 amide bonds. The Hall–Kier alpha value is -0.850. The van der Waals surface area contributed by atoms with Gasteiger partial charge in [0.2, 0.25) is 0 Å². The number of hydrogen-bond acceptors (Lipinski definition) is 1. The summed E-state index contributed by atoms with van der Waals surface area (Å²) in [4.78, 5) is 12.4. The molecule has 0 N–H and O–H groups in total. The predicted octanol–water partition coefficient (Wildman–Crippen LogP) is 3.23. The van der Waals surface area contributed by atoms with Crippen molar-refractivity contribution >= 4 is 5.78 Å². The molecule has 5 atom stereocenters. The Morgan fingerprint density at radius 3 is 2.62 bits per heavy atom. The zero-order chi connectivity index (χ0) is 11.4. The molecule has 0 heterocycles. The average Bonchev–Trinajstić information content (AvgIpc) is 2.87. The molecule has 0 aliphatic heterocycles. The number of Topliss-reactive ketones (excluding diaryl/α,β-unsaturated/α-hetero) is 1. The first-order chi connectivity index (χ1) is 7.59. The van der Waals surface area contributed by atoms with Gasteiger partial charge in [-0.1, -0.05) is 39.0 Å². The van der Waals surface area contributed by atoms with Gasteiger partial charge >= 0.3 is 0 Å². The predicted molar refractivity (Wildman–Crippen MR) is 64.8 cm³/mol. The maximum atomic E-state index is 12.4. The summed E-state index contributed by atoms with van der Waals surface area (Å²) in [6, 6.07) is 0. The van der Waals surface area contributed by atoms with E-state index in [0.717, 1.165) is 5.57 Å². The fraction of sp³-hybridized carbons (Fsp3) is 0.667. The maximum absolute atomic E-state index is 12.4. The summed E-state index contributed by atoms with van der Waals surface area (Å²) in [6.07, 6.45) is 8.08. The number of rotatable bonds is 1. The Morgan fingerprint density at radius 2 is 2.00 bits per heavy atom. The lowest BCUT2D eigenvalue weighted by atomic mass is 9.81. The zero-order valence-corrected chi connectivity index (χ0v) is 10.3. The summed E-state index contributed by atoms with van der Waals surface area (Å²) in [5.74, 6) is 3.63.